The van der Waals surface area contributed by atoms with Gasteiger partial charge < -0.3 is 10.6 Å². The minimum absolute atomic E-state index is 0.590. The molecule has 2 rings (SSSR count). The van der Waals surface area contributed by atoms with Gasteiger partial charge >= 0.3 is 0 Å². The summed E-state index contributed by atoms with van der Waals surface area (Å²) in [6.07, 6.45) is 3.93. The van der Waals surface area contributed by atoms with E-state index in [1.807, 2.05) is 24.1 Å². The van der Waals surface area contributed by atoms with Crippen LogP contribution in [0.3, 0.4) is 0 Å². The Labute approximate surface area is 102 Å². The van der Waals surface area contributed by atoms with E-state index in [-0.39, 0.29) is 0 Å². The molecule has 2 N–H and O–H groups in total. The fourth-order valence-electron chi connectivity index (χ4n) is 1.81. The lowest BCUT2D eigenvalue weighted by Crippen LogP contribution is -2.16. The average Bonchev–Trinajstić information content (AvgIpc) is 2.75. The minimum atomic E-state index is 0.590. The second kappa shape index (κ2) is 5.01. The summed E-state index contributed by atoms with van der Waals surface area (Å²) in [6, 6.07) is 8.32. The van der Waals surface area contributed by atoms with Crippen LogP contribution in [0.1, 0.15) is 11.1 Å². The van der Waals surface area contributed by atoms with Crippen molar-refractivity contribution < 1.29 is 0 Å². The van der Waals surface area contributed by atoms with Crippen LogP contribution in [-0.2, 0) is 20.1 Å². The van der Waals surface area contributed by atoms with E-state index in [1.54, 1.807) is 0 Å². The summed E-state index contributed by atoms with van der Waals surface area (Å²) in [6.45, 7) is 1.45. The maximum Gasteiger partial charge on any atom is 0.0539 e. The highest BCUT2D eigenvalue weighted by atomic mass is 15.2. The van der Waals surface area contributed by atoms with Crippen molar-refractivity contribution in [1.82, 2.24) is 9.78 Å². The van der Waals surface area contributed by atoms with Crippen molar-refractivity contribution >= 4 is 5.69 Å². The first-order valence-electron chi connectivity index (χ1n) is 5.66. The van der Waals surface area contributed by atoms with E-state index in [1.165, 1.54) is 11.3 Å². The number of nitrogens with zero attached hydrogens (tertiary/aromatic N) is 3. The molecule has 0 bridgehead atoms. The van der Waals surface area contributed by atoms with Crippen LogP contribution in [0.15, 0.2) is 36.7 Å². The van der Waals surface area contributed by atoms with E-state index in [2.05, 4.69) is 41.3 Å². The van der Waals surface area contributed by atoms with E-state index in [0.29, 0.717) is 6.54 Å². The van der Waals surface area contributed by atoms with Gasteiger partial charge in [-0.15, -0.1) is 0 Å². The first-order chi connectivity index (χ1) is 8.19. The topological polar surface area (TPSA) is 47.1 Å². The molecule has 0 aliphatic heterocycles. The van der Waals surface area contributed by atoms with Crippen LogP contribution in [0.5, 0.6) is 0 Å². The second-order valence-corrected chi connectivity index (χ2v) is 4.25. The van der Waals surface area contributed by atoms with Crippen molar-refractivity contribution in [1.29, 1.82) is 0 Å². The quantitative estimate of drug-likeness (QED) is 0.866. The summed E-state index contributed by atoms with van der Waals surface area (Å²) in [7, 11) is 4.00. The van der Waals surface area contributed by atoms with Crippen molar-refractivity contribution in [2.75, 3.05) is 11.9 Å². The molecule has 2 aromatic rings. The van der Waals surface area contributed by atoms with Crippen LogP contribution in [0.25, 0.3) is 0 Å². The Balaban J connectivity index is 2.06. The molecule has 0 radical (unpaired) electrons. The van der Waals surface area contributed by atoms with Crippen molar-refractivity contribution in [2.45, 2.75) is 13.1 Å². The highest BCUT2D eigenvalue weighted by molar-refractivity contribution is 5.47. The van der Waals surface area contributed by atoms with Gasteiger partial charge in [-0.3, -0.25) is 4.68 Å². The molecule has 1 heterocycles. The number of hydrogen-bond acceptors (Lipinski definition) is 3. The summed E-state index contributed by atoms with van der Waals surface area (Å²) in [5.41, 5.74) is 9.13. The van der Waals surface area contributed by atoms with E-state index >= 15 is 0 Å². The van der Waals surface area contributed by atoms with Gasteiger partial charge in [0.1, 0.15) is 0 Å². The smallest absolute Gasteiger partial charge is 0.0539 e. The normalized spacial score (nSPS) is 10.5. The second-order valence-electron chi connectivity index (χ2n) is 4.25. The molecule has 90 valence electrons. The molecule has 0 fully saturated rings. The molecule has 0 spiro atoms. The number of anilines is 1. The SMILES string of the molecule is CN(Cc1cnn(C)c1)c1ccc(CN)cc1. The summed E-state index contributed by atoms with van der Waals surface area (Å²) < 4.78 is 1.82. The Morgan fingerprint density at radius 1 is 1.24 bits per heavy atom. The summed E-state index contributed by atoms with van der Waals surface area (Å²) in [4.78, 5) is 2.19. The molecule has 0 saturated carbocycles. The predicted molar refractivity (Wildman–Crippen MR) is 69.6 cm³/mol. The maximum absolute atomic E-state index is 5.58. The zero-order chi connectivity index (χ0) is 12.3. The lowest BCUT2D eigenvalue weighted by Gasteiger charge is -2.18. The van der Waals surface area contributed by atoms with Gasteiger partial charge in [-0.05, 0) is 17.7 Å². The Hall–Kier alpha value is -1.81. The van der Waals surface area contributed by atoms with E-state index in [4.69, 9.17) is 5.73 Å². The molecule has 0 atom stereocenters. The van der Waals surface area contributed by atoms with Gasteiger partial charge in [-0.25, -0.2) is 0 Å². The molecule has 17 heavy (non-hydrogen) atoms. The fourth-order valence-corrected chi connectivity index (χ4v) is 1.81. The van der Waals surface area contributed by atoms with E-state index < -0.39 is 0 Å². The lowest BCUT2D eigenvalue weighted by molar-refractivity contribution is 0.766. The number of nitrogens with two attached hydrogens (primary N) is 1. The molecule has 1 aromatic carbocycles. The number of benzene rings is 1. The van der Waals surface area contributed by atoms with Crippen LogP contribution in [0.4, 0.5) is 5.69 Å². The molecule has 0 amide bonds. The third kappa shape index (κ3) is 2.85. The van der Waals surface area contributed by atoms with Gasteiger partial charge in [0, 0.05) is 44.6 Å². The lowest BCUT2D eigenvalue weighted by atomic mass is 10.2. The van der Waals surface area contributed by atoms with Crippen LogP contribution in [-0.4, -0.2) is 16.8 Å². The molecule has 0 saturated heterocycles. The Morgan fingerprint density at radius 3 is 2.47 bits per heavy atom. The molecule has 0 aliphatic carbocycles. The molecule has 1 aromatic heterocycles. The van der Waals surface area contributed by atoms with Gasteiger partial charge in [0.15, 0.2) is 0 Å². The first-order valence-corrected chi connectivity index (χ1v) is 5.66. The third-order valence-electron chi connectivity index (χ3n) is 2.79. The number of aryl methyl sites for hydroxylation is 1. The highest BCUT2D eigenvalue weighted by Crippen LogP contribution is 2.15. The highest BCUT2D eigenvalue weighted by Gasteiger charge is 2.03. The molecule has 4 nitrogen and oxygen atoms in total. The van der Waals surface area contributed by atoms with Gasteiger partial charge in [0.2, 0.25) is 0 Å². The van der Waals surface area contributed by atoms with Crippen LogP contribution in [0.2, 0.25) is 0 Å². The summed E-state index contributed by atoms with van der Waals surface area (Å²) >= 11 is 0. The third-order valence-corrected chi connectivity index (χ3v) is 2.79. The van der Waals surface area contributed by atoms with Crippen molar-refractivity contribution in [3.63, 3.8) is 0 Å². The van der Waals surface area contributed by atoms with Gasteiger partial charge in [-0.1, -0.05) is 12.1 Å². The average molecular weight is 230 g/mol. The van der Waals surface area contributed by atoms with Crippen LogP contribution in [0, 0.1) is 0 Å². The molecular formula is C13H18N4. The fraction of sp³-hybridized carbons (Fsp3) is 0.308. The van der Waals surface area contributed by atoms with Crippen molar-refractivity contribution in [3.05, 3.63) is 47.8 Å². The first kappa shape index (κ1) is 11.7. The van der Waals surface area contributed by atoms with Crippen molar-refractivity contribution in [2.24, 2.45) is 12.8 Å². The zero-order valence-corrected chi connectivity index (χ0v) is 10.3. The number of aromatic nitrogens is 2. The monoisotopic (exact) mass is 230 g/mol. The Morgan fingerprint density at radius 2 is 1.94 bits per heavy atom. The number of hydrogen-bond donors (Lipinski definition) is 1. The molecule has 0 aliphatic rings. The Bertz CT molecular complexity index is 472. The standard InChI is InChI=1S/C13H18N4/c1-16(9-12-8-15-17(2)10-12)13-5-3-11(7-14)4-6-13/h3-6,8,10H,7,9,14H2,1-2H3. The molecule has 0 unspecified atom stereocenters. The number of rotatable bonds is 4. The van der Waals surface area contributed by atoms with Crippen molar-refractivity contribution in [3.8, 4) is 0 Å². The van der Waals surface area contributed by atoms with Crippen LogP contribution >= 0.6 is 0 Å². The van der Waals surface area contributed by atoms with Crippen LogP contribution < -0.4 is 10.6 Å². The largest absolute Gasteiger partial charge is 0.370 e. The maximum atomic E-state index is 5.58. The molecular weight excluding hydrogens is 212 g/mol. The molecule has 4 heteroatoms. The zero-order valence-electron chi connectivity index (χ0n) is 10.3. The summed E-state index contributed by atoms with van der Waals surface area (Å²) in [5, 5.41) is 4.16. The van der Waals surface area contributed by atoms with E-state index in [9.17, 15) is 0 Å². The predicted octanol–water partition coefficient (Wildman–Crippen LogP) is 1.52. The van der Waals surface area contributed by atoms with E-state index in [0.717, 1.165) is 12.1 Å². The Kier molecular flexibility index (Phi) is 3.44. The van der Waals surface area contributed by atoms with Gasteiger partial charge in [0.25, 0.3) is 0 Å². The van der Waals surface area contributed by atoms with Gasteiger partial charge in [-0.2, -0.15) is 5.10 Å². The van der Waals surface area contributed by atoms with Gasteiger partial charge in [0.05, 0.1) is 6.20 Å². The minimum Gasteiger partial charge on any atom is -0.370 e. The summed E-state index contributed by atoms with van der Waals surface area (Å²) in [5.74, 6) is 0.